The van der Waals surface area contributed by atoms with E-state index >= 15 is 8.78 Å². The average Bonchev–Trinajstić information content (AvgIpc) is 4.06. The van der Waals surface area contributed by atoms with Gasteiger partial charge in [0.25, 0.3) is 0 Å². The van der Waals surface area contributed by atoms with Crippen molar-refractivity contribution < 1.29 is 32.6 Å². The number of amides is 3. The summed E-state index contributed by atoms with van der Waals surface area (Å²) in [6.45, 7) is 8.87. The van der Waals surface area contributed by atoms with Gasteiger partial charge in [-0.05, 0) is 68.8 Å². The van der Waals surface area contributed by atoms with Gasteiger partial charge in [-0.3, -0.25) is 9.59 Å². The van der Waals surface area contributed by atoms with Crippen LogP contribution in [0.25, 0.3) is 44.7 Å². The van der Waals surface area contributed by atoms with Crippen molar-refractivity contribution in [2.45, 2.75) is 84.3 Å². The normalized spacial score (nSPS) is 18.7. The van der Waals surface area contributed by atoms with Crippen LogP contribution < -0.4 is 15.4 Å². The SMILES string of the molecule is CN[C@H](C(=O)N1CCC[C@H]1c1ncc(-c2cc(F)c3c(c2)OCn2c-3c(F)c3cc(-c4cnc([C@@H]5CCCN5C(=O)[C@@H](NC(=O)OC)C(C)C)[nH]4)ccc32)[nH]1)C(C)C. The summed E-state index contributed by atoms with van der Waals surface area (Å²) in [5, 5.41) is 6.09. The van der Waals surface area contributed by atoms with Crippen LogP contribution >= 0.6 is 0 Å². The number of carbonyl (C=O) groups excluding carboxylic acids is 3. The Morgan fingerprint density at radius 2 is 1.47 bits per heavy atom. The molecule has 306 valence electrons. The van der Waals surface area contributed by atoms with Crippen molar-refractivity contribution in [3.05, 3.63) is 66.0 Å². The van der Waals surface area contributed by atoms with Crippen LogP contribution in [-0.2, 0) is 21.1 Å². The van der Waals surface area contributed by atoms with Gasteiger partial charge < -0.3 is 44.4 Å². The fraction of sp³-hybridized carbons (Fsp3) is 0.452. The first-order chi connectivity index (χ1) is 27.9. The van der Waals surface area contributed by atoms with Crippen molar-refractivity contribution >= 4 is 28.8 Å². The quantitative estimate of drug-likeness (QED) is 0.122. The predicted octanol–water partition coefficient (Wildman–Crippen LogP) is 6.67. The monoisotopic (exact) mass is 797 g/mol. The summed E-state index contributed by atoms with van der Waals surface area (Å²) in [4.78, 5) is 58.5. The van der Waals surface area contributed by atoms with E-state index in [4.69, 9.17) is 9.47 Å². The number of nitrogens with zero attached hydrogens (tertiary/aromatic N) is 5. The van der Waals surface area contributed by atoms with Crippen molar-refractivity contribution in [2.24, 2.45) is 11.8 Å². The number of hydrogen-bond acceptors (Lipinski definition) is 8. The molecule has 2 fully saturated rings. The van der Waals surface area contributed by atoms with Gasteiger partial charge in [0.2, 0.25) is 11.8 Å². The van der Waals surface area contributed by atoms with Crippen LogP contribution in [0.5, 0.6) is 5.75 Å². The molecule has 3 aromatic heterocycles. The van der Waals surface area contributed by atoms with E-state index in [0.29, 0.717) is 64.6 Å². The number of H-pyrrole nitrogens is 2. The Kier molecular flexibility index (Phi) is 10.5. The minimum absolute atomic E-state index is 0.0250. The highest BCUT2D eigenvalue weighted by atomic mass is 19.1. The number of rotatable bonds is 10. The molecule has 3 amide bonds. The highest BCUT2D eigenvalue weighted by molar-refractivity contribution is 5.93. The van der Waals surface area contributed by atoms with E-state index in [9.17, 15) is 14.4 Å². The van der Waals surface area contributed by atoms with Gasteiger partial charge >= 0.3 is 6.09 Å². The van der Waals surface area contributed by atoms with Crippen LogP contribution in [-0.4, -0.2) is 91.5 Å². The Morgan fingerprint density at radius 1 is 0.862 bits per heavy atom. The maximum Gasteiger partial charge on any atom is 0.407 e. The van der Waals surface area contributed by atoms with Crippen molar-refractivity contribution in [1.82, 2.24) is 44.9 Å². The lowest BCUT2D eigenvalue weighted by molar-refractivity contribution is -0.136. The lowest BCUT2D eigenvalue weighted by Gasteiger charge is -2.30. The molecule has 0 bridgehead atoms. The zero-order valence-electron chi connectivity index (χ0n) is 33.5. The number of aromatic amines is 2. The number of likely N-dealkylation sites (tertiary alicyclic amines) is 2. The Morgan fingerprint density at radius 3 is 2.05 bits per heavy atom. The summed E-state index contributed by atoms with van der Waals surface area (Å²) >= 11 is 0. The van der Waals surface area contributed by atoms with E-state index in [1.54, 1.807) is 47.1 Å². The Hall–Kier alpha value is -5.77. The molecule has 4 N–H and O–H groups in total. The molecule has 6 heterocycles. The first kappa shape index (κ1) is 39.1. The molecule has 2 saturated heterocycles. The Balaban J connectivity index is 1.05. The lowest BCUT2D eigenvalue weighted by Crippen LogP contribution is -2.51. The summed E-state index contributed by atoms with van der Waals surface area (Å²) in [6.07, 6.45) is 5.69. The second kappa shape index (κ2) is 15.5. The molecule has 16 heteroatoms. The molecule has 58 heavy (non-hydrogen) atoms. The minimum atomic E-state index is -0.759. The number of halogens is 2. The number of imidazole rings is 2. The fourth-order valence-corrected chi connectivity index (χ4v) is 8.81. The van der Waals surface area contributed by atoms with Gasteiger partial charge in [-0.2, -0.15) is 0 Å². The topological polar surface area (TPSA) is 162 Å². The highest BCUT2D eigenvalue weighted by Crippen LogP contribution is 2.45. The van der Waals surface area contributed by atoms with Crippen molar-refractivity contribution in [1.29, 1.82) is 0 Å². The van der Waals surface area contributed by atoms with E-state index < -0.39 is 23.8 Å². The summed E-state index contributed by atoms with van der Waals surface area (Å²) in [7, 11) is 3.05. The third-order valence-electron chi connectivity index (χ3n) is 11.8. The van der Waals surface area contributed by atoms with Crippen LogP contribution in [0.4, 0.5) is 13.6 Å². The third kappa shape index (κ3) is 6.76. The van der Waals surface area contributed by atoms with Gasteiger partial charge in [-0.25, -0.2) is 23.5 Å². The number of ether oxygens (including phenoxy) is 2. The molecule has 0 radical (unpaired) electrons. The number of carbonyl (C=O) groups is 3. The smallest absolute Gasteiger partial charge is 0.407 e. The molecule has 0 saturated carbocycles. The van der Waals surface area contributed by atoms with Crippen LogP contribution in [0.2, 0.25) is 0 Å². The van der Waals surface area contributed by atoms with Gasteiger partial charge in [-0.1, -0.05) is 33.8 Å². The predicted molar refractivity (Wildman–Crippen MR) is 212 cm³/mol. The molecule has 4 atom stereocenters. The number of alkyl carbamates (subject to hydrolysis) is 1. The Labute approximate surface area is 334 Å². The van der Waals surface area contributed by atoms with E-state index in [1.165, 1.54) is 13.2 Å². The average molecular weight is 798 g/mol. The minimum Gasteiger partial charge on any atom is -0.472 e. The summed E-state index contributed by atoms with van der Waals surface area (Å²) in [5.41, 5.74) is 3.01. The number of nitrogens with one attached hydrogen (secondary N) is 4. The standard InChI is InChI=1S/C42H49F2N9O5/c1-21(2)35(45-5)40(54)51-13-7-9-30(51)39-47-19-28(49-39)24-16-26(43)33-32(17-24)58-20-53-29-12-11-23(15-25(29)34(44)37(33)53)27-18-46-38(48-27)31-10-8-14-52(31)41(55)36(22(3)4)50-42(56)57-6/h11-12,15-19,21-22,30-31,35-36,45H,7-10,13-14,20H2,1-6H3,(H,46,48)(H,47,49)(H,50,56)/t30-,31-,35-,36-/m0/s1. The number of fused-ring (bicyclic) bond motifs is 5. The maximum absolute atomic E-state index is 16.5. The fourth-order valence-electron chi connectivity index (χ4n) is 8.81. The van der Waals surface area contributed by atoms with Crippen molar-refractivity contribution in [2.75, 3.05) is 27.2 Å². The zero-order chi connectivity index (χ0) is 41.0. The second-order valence-corrected chi connectivity index (χ2v) is 16.0. The molecule has 14 nitrogen and oxygen atoms in total. The first-order valence-corrected chi connectivity index (χ1v) is 19.9. The van der Waals surface area contributed by atoms with Crippen molar-refractivity contribution in [3.63, 3.8) is 0 Å². The number of methoxy groups -OCH3 is 1. The first-order valence-electron chi connectivity index (χ1n) is 19.9. The number of aromatic nitrogens is 5. The molecule has 0 aliphatic carbocycles. The van der Waals surface area contributed by atoms with Gasteiger partial charge in [0.15, 0.2) is 12.5 Å². The van der Waals surface area contributed by atoms with E-state index in [-0.39, 0.29) is 65.5 Å². The van der Waals surface area contributed by atoms with Crippen LogP contribution in [0, 0.1) is 23.5 Å². The van der Waals surface area contributed by atoms with E-state index in [2.05, 4.69) is 30.6 Å². The maximum atomic E-state index is 16.5. The van der Waals surface area contributed by atoms with Gasteiger partial charge in [0.05, 0.1) is 65.8 Å². The number of hydrogen-bond donors (Lipinski definition) is 4. The molecule has 0 unspecified atom stereocenters. The second-order valence-electron chi connectivity index (χ2n) is 16.0. The number of likely N-dealkylation sites (N-methyl/N-ethyl adjacent to an activating group) is 1. The molecule has 0 spiro atoms. The lowest BCUT2D eigenvalue weighted by atomic mass is 10.0. The molecule has 8 rings (SSSR count). The van der Waals surface area contributed by atoms with Crippen LogP contribution in [0.3, 0.4) is 0 Å². The Bertz CT molecular complexity index is 2380. The van der Waals surface area contributed by atoms with E-state index in [0.717, 1.165) is 19.3 Å². The molecule has 3 aliphatic rings. The van der Waals surface area contributed by atoms with Crippen LogP contribution in [0.15, 0.2) is 42.7 Å². The largest absolute Gasteiger partial charge is 0.472 e. The van der Waals surface area contributed by atoms with Crippen molar-refractivity contribution in [3.8, 4) is 39.5 Å². The van der Waals surface area contributed by atoms with Gasteiger partial charge in [-0.15, -0.1) is 0 Å². The number of benzene rings is 2. The molecular weight excluding hydrogens is 749 g/mol. The zero-order valence-corrected chi connectivity index (χ0v) is 33.5. The molecule has 3 aliphatic heterocycles. The van der Waals surface area contributed by atoms with E-state index in [1.807, 2.05) is 38.7 Å². The molecular formula is C42H49F2N9O5. The molecule has 5 aromatic rings. The summed E-state index contributed by atoms with van der Waals surface area (Å²) in [5.74, 6) is -0.0194. The van der Waals surface area contributed by atoms with Gasteiger partial charge in [0, 0.05) is 29.6 Å². The third-order valence-corrected chi connectivity index (χ3v) is 11.8. The van der Waals surface area contributed by atoms with Gasteiger partial charge in [0.1, 0.15) is 29.3 Å². The highest BCUT2D eigenvalue weighted by Gasteiger charge is 2.39. The summed E-state index contributed by atoms with van der Waals surface area (Å²) in [6, 6.07) is 6.73. The van der Waals surface area contributed by atoms with Crippen LogP contribution in [0.1, 0.15) is 77.1 Å². The molecule has 2 aromatic carbocycles. The summed E-state index contributed by atoms with van der Waals surface area (Å²) < 4.78 is 45.2.